The van der Waals surface area contributed by atoms with E-state index in [0.717, 1.165) is 24.0 Å². The zero-order chi connectivity index (χ0) is 17.1. The number of benzene rings is 2. The number of aryl methyl sites for hydroxylation is 1. The van der Waals surface area contributed by atoms with Crippen molar-refractivity contribution in [3.05, 3.63) is 58.1 Å². The lowest BCUT2D eigenvalue weighted by Gasteiger charge is -2.09. The molecule has 7 heteroatoms. The standard InChI is InChI=1S/C17H16N4O3/c1-2-9-20-15-6-4-3-5-14(15)19-17(20)18-11-12-10-13(21(23)24)7-8-16(12)22/h3-8,10-11,22H,2,9H2,1H3/p-1. The van der Waals surface area contributed by atoms with Crippen LogP contribution in [0.25, 0.3) is 11.0 Å². The van der Waals surface area contributed by atoms with Gasteiger partial charge in [0.25, 0.3) is 5.69 Å². The number of imidazole rings is 1. The van der Waals surface area contributed by atoms with Crippen LogP contribution >= 0.6 is 0 Å². The normalized spacial score (nSPS) is 11.4. The van der Waals surface area contributed by atoms with Gasteiger partial charge in [0, 0.05) is 24.9 Å². The van der Waals surface area contributed by atoms with E-state index in [1.54, 1.807) is 0 Å². The van der Waals surface area contributed by atoms with E-state index in [0.29, 0.717) is 5.95 Å². The number of hydrogen-bond donors (Lipinski definition) is 0. The molecule has 2 aromatic carbocycles. The van der Waals surface area contributed by atoms with E-state index in [2.05, 4.69) is 16.9 Å². The molecule has 1 aromatic heterocycles. The zero-order valence-electron chi connectivity index (χ0n) is 13.0. The molecule has 3 aromatic rings. The summed E-state index contributed by atoms with van der Waals surface area (Å²) in [5.41, 5.74) is 1.81. The molecule has 0 saturated heterocycles. The number of nitro groups is 1. The lowest BCUT2D eigenvalue weighted by Crippen LogP contribution is -1.99. The quantitative estimate of drug-likeness (QED) is 0.409. The summed E-state index contributed by atoms with van der Waals surface area (Å²) in [7, 11) is 0. The van der Waals surface area contributed by atoms with Gasteiger partial charge in [-0.05, 0) is 24.1 Å². The monoisotopic (exact) mass is 323 g/mol. The van der Waals surface area contributed by atoms with Crippen molar-refractivity contribution < 1.29 is 10.0 Å². The first kappa shape index (κ1) is 15.7. The third kappa shape index (κ3) is 2.96. The Bertz CT molecular complexity index is 931. The van der Waals surface area contributed by atoms with Crippen LogP contribution in [0.5, 0.6) is 5.75 Å². The van der Waals surface area contributed by atoms with Crippen molar-refractivity contribution in [2.75, 3.05) is 0 Å². The Morgan fingerprint density at radius 2 is 2.08 bits per heavy atom. The van der Waals surface area contributed by atoms with Crippen molar-refractivity contribution in [1.82, 2.24) is 9.55 Å². The Balaban J connectivity index is 2.03. The Morgan fingerprint density at radius 1 is 1.29 bits per heavy atom. The summed E-state index contributed by atoms with van der Waals surface area (Å²) < 4.78 is 1.97. The molecule has 0 aliphatic rings. The molecule has 3 rings (SSSR count). The summed E-state index contributed by atoms with van der Waals surface area (Å²) in [6.07, 6.45) is 2.25. The molecule has 0 amide bonds. The first-order valence-corrected chi connectivity index (χ1v) is 7.55. The van der Waals surface area contributed by atoms with E-state index in [4.69, 9.17) is 0 Å². The molecule has 0 aliphatic heterocycles. The molecule has 0 radical (unpaired) electrons. The first-order valence-electron chi connectivity index (χ1n) is 7.55. The van der Waals surface area contributed by atoms with E-state index in [9.17, 15) is 15.2 Å². The van der Waals surface area contributed by atoms with Gasteiger partial charge in [-0.3, -0.25) is 10.1 Å². The van der Waals surface area contributed by atoms with Crippen molar-refractivity contribution in [3.63, 3.8) is 0 Å². The summed E-state index contributed by atoms with van der Waals surface area (Å²) >= 11 is 0. The number of rotatable bonds is 5. The molecular weight excluding hydrogens is 308 g/mol. The molecule has 0 spiro atoms. The highest BCUT2D eigenvalue weighted by Gasteiger charge is 2.09. The van der Waals surface area contributed by atoms with E-state index in [-0.39, 0.29) is 17.0 Å². The SMILES string of the molecule is CCCn1c(N=Cc2cc([N+](=O)[O-])ccc2[O-])nc2ccccc21. The number of non-ortho nitro benzene ring substituents is 1. The summed E-state index contributed by atoms with van der Waals surface area (Å²) in [5, 5.41) is 22.7. The lowest BCUT2D eigenvalue weighted by atomic mass is 10.2. The van der Waals surface area contributed by atoms with Gasteiger partial charge in [0.05, 0.1) is 16.0 Å². The van der Waals surface area contributed by atoms with Crippen LogP contribution in [0.15, 0.2) is 47.5 Å². The van der Waals surface area contributed by atoms with Gasteiger partial charge in [0.2, 0.25) is 5.95 Å². The predicted molar refractivity (Wildman–Crippen MR) is 89.8 cm³/mol. The fraction of sp³-hybridized carbons (Fsp3) is 0.176. The smallest absolute Gasteiger partial charge is 0.270 e. The molecule has 0 unspecified atom stereocenters. The molecule has 0 saturated carbocycles. The van der Waals surface area contributed by atoms with E-state index in [1.165, 1.54) is 24.4 Å². The predicted octanol–water partition coefficient (Wildman–Crippen LogP) is 3.18. The van der Waals surface area contributed by atoms with Gasteiger partial charge in [0.1, 0.15) is 0 Å². The fourth-order valence-electron chi connectivity index (χ4n) is 2.48. The average Bonchev–Trinajstić information content (AvgIpc) is 2.92. The molecule has 0 bridgehead atoms. The minimum atomic E-state index is -0.539. The highest BCUT2D eigenvalue weighted by molar-refractivity contribution is 5.86. The molecule has 1 heterocycles. The lowest BCUT2D eigenvalue weighted by molar-refractivity contribution is -0.385. The van der Waals surface area contributed by atoms with Crippen molar-refractivity contribution in [1.29, 1.82) is 0 Å². The maximum Gasteiger partial charge on any atom is 0.270 e. The number of para-hydroxylation sites is 2. The van der Waals surface area contributed by atoms with Gasteiger partial charge < -0.3 is 9.67 Å². The topological polar surface area (TPSA) is 96.4 Å². The highest BCUT2D eigenvalue weighted by atomic mass is 16.6. The Labute approximate surface area is 138 Å². The number of aliphatic imine (C=N–C) groups is 1. The number of nitrogens with zero attached hydrogens (tertiary/aromatic N) is 4. The second-order valence-corrected chi connectivity index (χ2v) is 5.29. The number of hydrogen-bond acceptors (Lipinski definition) is 5. The van der Waals surface area contributed by atoms with Crippen molar-refractivity contribution in [2.24, 2.45) is 4.99 Å². The van der Waals surface area contributed by atoms with Crippen LogP contribution in [0, 0.1) is 10.1 Å². The van der Waals surface area contributed by atoms with Gasteiger partial charge in [-0.15, -0.1) is 0 Å². The molecule has 7 nitrogen and oxygen atoms in total. The molecular formula is C17H15N4O3-. The van der Waals surface area contributed by atoms with Crippen LogP contribution in [0.2, 0.25) is 0 Å². The van der Waals surface area contributed by atoms with Crippen molar-refractivity contribution >= 4 is 28.9 Å². The van der Waals surface area contributed by atoms with Crippen LogP contribution < -0.4 is 5.11 Å². The summed E-state index contributed by atoms with van der Waals surface area (Å²) in [4.78, 5) is 19.1. The van der Waals surface area contributed by atoms with Crippen molar-refractivity contribution in [3.8, 4) is 5.75 Å². The molecule has 0 N–H and O–H groups in total. The van der Waals surface area contributed by atoms with Crippen LogP contribution in [0.4, 0.5) is 11.6 Å². The van der Waals surface area contributed by atoms with Crippen LogP contribution in [-0.4, -0.2) is 20.7 Å². The Hall–Kier alpha value is -3.22. The largest absolute Gasteiger partial charge is 0.872 e. The van der Waals surface area contributed by atoms with Gasteiger partial charge in [-0.2, -0.15) is 0 Å². The molecule has 0 atom stereocenters. The van der Waals surface area contributed by atoms with Gasteiger partial charge in [0.15, 0.2) is 0 Å². The average molecular weight is 323 g/mol. The minimum absolute atomic E-state index is 0.141. The summed E-state index contributed by atoms with van der Waals surface area (Å²) in [6, 6.07) is 11.3. The minimum Gasteiger partial charge on any atom is -0.872 e. The summed E-state index contributed by atoms with van der Waals surface area (Å²) in [6.45, 7) is 2.80. The highest BCUT2D eigenvalue weighted by Crippen LogP contribution is 2.24. The fourth-order valence-corrected chi connectivity index (χ4v) is 2.48. The van der Waals surface area contributed by atoms with E-state index >= 15 is 0 Å². The third-order valence-corrected chi connectivity index (χ3v) is 3.60. The zero-order valence-corrected chi connectivity index (χ0v) is 13.0. The molecule has 0 fully saturated rings. The van der Waals surface area contributed by atoms with Gasteiger partial charge in [-0.1, -0.05) is 30.9 Å². The molecule has 0 aliphatic carbocycles. The maximum absolute atomic E-state index is 11.9. The maximum atomic E-state index is 11.9. The van der Waals surface area contributed by atoms with Crippen LogP contribution in [0.1, 0.15) is 18.9 Å². The second-order valence-electron chi connectivity index (χ2n) is 5.29. The van der Waals surface area contributed by atoms with Gasteiger partial charge in [-0.25, -0.2) is 9.98 Å². The summed E-state index contributed by atoms with van der Waals surface area (Å²) in [5.74, 6) is 0.159. The van der Waals surface area contributed by atoms with E-state index in [1.807, 2.05) is 28.8 Å². The van der Waals surface area contributed by atoms with E-state index < -0.39 is 4.92 Å². The van der Waals surface area contributed by atoms with Crippen molar-refractivity contribution in [2.45, 2.75) is 19.9 Å². The number of fused-ring (bicyclic) bond motifs is 1. The first-order chi connectivity index (χ1) is 11.6. The number of aromatic nitrogens is 2. The van der Waals surface area contributed by atoms with Gasteiger partial charge >= 0.3 is 0 Å². The molecule has 24 heavy (non-hydrogen) atoms. The van der Waals surface area contributed by atoms with Crippen LogP contribution in [0.3, 0.4) is 0 Å². The Kier molecular flexibility index (Phi) is 4.24. The third-order valence-electron chi connectivity index (χ3n) is 3.60. The molecule has 122 valence electrons. The number of nitro benzene ring substituents is 1. The van der Waals surface area contributed by atoms with Crippen LogP contribution in [-0.2, 0) is 6.54 Å². The Morgan fingerprint density at radius 3 is 2.83 bits per heavy atom. The second kappa shape index (κ2) is 6.49.